The zero-order valence-corrected chi connectivity index (χ0v) is 28.5. The summed E-state index contributed by atoms with van der Waals surface area (Å²) >= 11 is 0. The molecule has 1 amide bonds. The van der Waals surface area contributed by atoms with Crippen molar-refractivity contribution in [2.75, 3.05) is 26.2 Å². The molecule has 2 aliphatic heterocycles. The Kier molecular flexibility index (Phi) is 8.18. The molecule has 12 unspecified atom stereocenters. The van der Waals surface area contributed by atoms with E-state index in [4.69, 9.17) is 14.2 Å². The number of hydrogen-bond acceptors (Lipinski definition) is 6. The Bertz CT molecular complexity index is 1240. The smallest absolute Gasteiger partial charge is 0.320 e. The van der Waals surface area contributed by atoms with Crippen molar-refractivity contribution in [1.82, 2.24) is 10.2 Å². The first-order valence-electron chi connectivity index (χ1n) is 19.0. The summed E-state index contributed by atoms with van der Waals surface area (Å²) in [5.74, 6) is 2.92. The van der Waals surface area contributed by atoms with Crippen molar-refractivity contribution in [3.63, 3.8) is 0 Å². The fraction of sp³-hybridized carbons (Fsp3) is 0.895. The lowest BCUT2D eigenvalue weighted by molar-refractivity contribution is -0.205. The number of carbonyl (C=O) groups is 2. The molecule has 46 heavy (non-hydrogen) atoms. The Labute approximate surface area is 275 Å². The van der Waals surface area contributed by atoms with Gasteiger partial charge in [-0.3, -0.25) is 9.59 Å². The average molecular weight is 639 g/mol. The van der Waals surface area contributed by atoms with Crippen LogP contribution >= 0.6 is 0 Å². The monoisotopic (exact) mass is 638 g/mol. The standard InChI is InChI=1S/C38H58N2O6/c1-4-25-26-10-11-27-29-19-32-28(9-8-24(45-32)20-39-30(5-2)35(42)43)36(29,3)14-15-38(27)22-37(26,38)13-12-31(25)46-34-21-40(16-17-44-34)33(41)18-23-6-7-23/h4,23-24,26-32,34,39H,5-22H2,1-3H3,(H,42,43)/b25-4+. The molecule has 2 N–H and O–H groups in total. The number of nitrogens with zero attached hydrogens (tertiary/aromatic N) is 1. The summed E-state index contributed by atoms with van der Waals surface area (Å²) in [6, 6.07) is -0.486. The molecule has 6 aliphatic carbocycles. The van der Waals surface area contributed by atoms with E-state index in [1.54, 1.807) is 0 Å². The number of amides is 1. The summed E-state index contributed by atoms with van der Waals surface area (Å²) in [5, 5.41) is 12.8. The first kappa shape index (κ1) is 31.8. The van der Waals surface area contributed by atoms with Crippen molar-refractivity contribution in [3.8, 4) is 0 Å². The maximum absolute atomic E-state index is 12.8. The van der Waals surface area contributed by atoms with E-state index in [0.717, 1.165) is 24.7 Å². The number of carboxylic acids is 1. The highest BCUT2D eigenvalue weighted by Gasteiger charge is 2.79. The number of fused-ring (bicyclic) bond motifs is 4. The molecule has 8 fully saturated rings. The number of nitrogens with one attached hydrogen (secondary N) is 1. The molecule has 12 atom stereocenters. The lowest BCUT2D eigenvalue weighted by Gasteiger charge is -2.56. The van der Waals surface area contributed by atoms with Gasteiger partial charge >= 0.3 is 5.97 Å². The summed E-state index contributed by atoms with van der Waals surface area (Å²) in [4.78, 5) is 26.4. The fourth-order valence-corrected chi connectivity index (χ4v) is 12.7. The van der Waals surface area contributed by atoms with E-state index < -0.39 is 12.0 Å². The Hall–Kier alpha value is -1.48. The molecular weight excluding hydrogens is 580 g/mol. The van der Waals surface area contributed by atoms with E-state index in [1.165, 1.54) is 69.8 Å². The van der Waals surface area contributed by atoms with Crippen LogP contribution in [0, 0.1) is 45.8 Å². The zero-order valence-electron chi connectivity index (χ0n) is 28.5. The molecule has 256 valence electrons. The molecule has 2 saturated heterocycles. The molecule has 2 heterocycles. The van der Waals surface area contributed by atoms with Crippen molar-refractivity contribution in [1.29, 1.82) is 0 Å². The highest BCUT2D eigenvalue weighted by atomic mass is 16.7. The minimum atomic E-state index is -0.763. The van der Waals surface area contributed by atoms with Crippen molar-refractivity contribution >= 4 is 11.9 Å². The topological polar surface area (TPSA) is 97.3 Å². The highest BCUT2D eigenvalue weighted by Crippen LogP contribution is 2.86. The number of hydrogen-bond donors (Lipinski definition) is 2. The van der Waals surface area contributed by atoms with E-state index >= 15 is 0 Å². The minimum absolute atomic E-state index is 0.105. The summed E-state index contributed by atoms with van der Waals surface area (Å²) in [6.07, 6.45) is 18.8. The Morgan fingerprint density at radius 1 is 1.07 bits per heavy atom. The second-order valence-electron chi connectivity index (χ2n) is 17.0. The molecule has 0 bridgehead atoms. The molecule has 2 spiro atoms. The van der Waals surface area contributed by atoms with Crippen molar-refractivity contribution in [2.24, 2.45) is 45.8 Å². The van der Waals surface area contributed by atoms with Gasteiger partial charge in [0.05, 0.1) is 31.5 Å². The van der Waals surface area contributed by atoms with Crippen LogP contribution in [-0.4, -0.2) is 78.8 Å². The zero-order chi connectivity index (χ0) is 31.8. The van der Waals surface area contributed by atoms with Crippen LogP contribution in [0.5, 0.6) is 0 Å². The predicted octanol–water partition coefficient (Wildman–Crippen LogP) is 5.94. The van der Waals surface area contributed by atoms with Gasteiger partial charge in [-0.1, -0.05) is 19.9 Å². The van der Waals surface area contributed by atoms with Gasteiger partial charge in [0, 0.05) is 19.5 Å². The van der Waals surface area contributed by atoms with Crippen LogP contribution < -0.4 is 5.32 Å². The van der Waals surface area contributed by atoms with Crippen LogP contribution in [-0.2, 0) is 23.8 Å². The maximum Gasteiger partial charge on any atom is 0.320 e. The molecule has 0 aromatic rings. The number of ether oxygens (including phenoxy) is 3. The van der Waals surface area contributed by atoms with Crippen LogP contribution in [0.4, 0.5) is 0 Å². The van der Waals surface area contributed by atoms with Crippen LogP contribution in [0.2, 0.25) is 0 Å². The molecule has 6 saturated carbocycles. The van der Waals surface area contributed by atoms with Gasteiger partial charge in [-0.2, -0.15) is 0 Å². The molecule has 8 nitrogen and oxygen atoms in total. The van der Waals surface area contributed by atoms with E-state index in [1.807, 2.05) is 11.8 Å². The first-order chi connectivity index (χ1) is 22.2. The van der Waals surface area contributed by atoms with Crippen molar-refractivity contribution in [3.05, 3.63) is 11.6 Å². The van der Waals surface area contributed by atoms with E-state index in [2.05, 4.69) is 25.2 Å². The maximum atomic E-state index is 12.8. The van der Waals surface area contributed by atoms with E-state index in [9.17, 15) is 14.7 Å². The summed E-state index contributed by atoms with van der Waals surface area (Å²) in [7, 11) is 0. The number of allylic oxidation sites excluding steroid dienone is 1. The molecule has 0 aromatic heterocycles. The van der Waals surface area contributed by atoms with Crippen molar-refractivity contribution in [2.45, 2.75) is 141 Å². The normalized spacial score (nSPS) is 47.6. The van der Waals surface area contributed by atoms with E-state index in [-0.39, 0.29) is 24.4 Å². The molecular formula is C38H58N2O6. The van der Waals surface area contributed by atoms with Crippen LogP contribution in [0.1, 0.15) is 111 Å². The third-order valence-corrected chi connectivity index (χ3v) is 15.2. The van der Waals surface area contributed by atoms with E-state index in [0.29, 0.717) is 79.2 Å². The van der Waals surface area contributed by atoms with Gasteiger partial charge in [0.25, 0.3) is 0 Å². The second-order valence-corrected chi connectivity index (χ2v) is 17.0. The summed E-state index contributed by atoms with van der Waals surface area (Å²) < 4.78 is 19.7. The minimum Gasteiger partial charge on any atom is -0.480 e. The summed E-state index contributed by atoms with van der Waals surface area (Å²) in [5.41, 5.74) is 2.81. The van der Waals surface area contributed by atoms with Crippen LogP contribution in [0.15, 0.2) is 11.6 Å². The number of rotatable bonds is 9. The largest absolute Gasteiger partial charge is 0.480 e. The quantitative estimate of drug-likeness (QED) is 0.302. The van der Waals surface area contributed by atoms with Gasteiger partial charge < -0.3 is 29.5 Å². The third kappa shape index (κ3) is 5.05. The molecule has 0 radical (unpaired) electrons. The molecule has 8 rings (SSSR count). The number of carbonyl (C=O) groups excluding carboxylic acids is 1. The molecule has 8 heteroatoms. The van der Waals surface area contributed by atoms with Crippen LogP contribution in [0.25, 0.3) is 0 Å². The third-order valence-electron chi connectivity index (χ3n) is 15.2. The average Bonchev–Trinajstić information content (AvgIpc) is 3.96. The fourth-order valence-electron chi connectivity index (χ4n) is 12.7. The van der Waals surface area contributed by atoms with Gasteiger partial charge in [0.1, 0.15) is 6.04 Å². The second kappa shape index (κ2) is 11.8. The Morgan fingerprint density at radius 3 is 2.65 bits per heavy atom. The van der Waals surface area contributed by atoms with Gasteiger partial charge in [0.15, 0.2) is 6.29 Å². The Balaban J connectivity index is 0.921. The van der Waals surface area contributed by atoms with Crippen LogP contribution in [0.3, 0.4) is 0 Å². The summed E-state index contributed by atoms with van der Waals surface area (Å²) in [6.45, 7) is 9.24. The highest BCUT2D eigenvalue weighted by molar-refractivity contribution is 5.76. The van der Waals surface area contributed by atoms with Gasteiger partial charge in [0.2, 0.25) is 5.91 Å². The first-order valence-corrected chi connectivity index (χ1v) is 19.0. The van der Waals surface area contributed by atoms with Gasteiger partial charge in [-0.05, 0) is 142 Å². The predicted molar refractivity (Wildman–Crippen MR) is 174 cm³/mol. The van der Waals surface area contributed by atoms with Crippen molar-refractivity contribution < 1.29 is 28.9 Å². The number of aliphatic carboxylic acids is 1. The van der Waals surface area contributed by atoms with Gasteiger partial charge in [-0.25, -0.2) is 0 Å². The lowest BCUT2D eigenvalue weighted by Crippen LogP contribution is -2.51. The van der Waals surface area contributed by atoms with Gasteiger partial charge in [-0.15, -0.1) is 0 Å². The number of morpholine rings is 1. The SMILES string of the molecule is C/C=C1/C(OC2CN(C(=O)CC3CC3)CCO2)CCC23CC24CCC2(C)C5CCC(CNC(CC)C(=O)O)OC5CC2C4CCC13. The lowest BCUT2D eigenvalue weighted by atomic mass is 9.49. The Morgan fingerprint density at radius 2 is 1.89 bits per heavy atom. The molecule has 8 aliphatic rings. The molecule has 0 aromatic carbocycles. The number of carboxylic acid groups (broad SMARTS) is 1.